The van der Waals surface area contributed by atoms with Crippen molar-refractivity contribution in [2.45, 2.75) is 31.8 Å². The fourth-order valence-corrected chi connectivity index (χ4v) is 3.74. The maximum absolute atomic E-state index is 11.5. The van der Waals surface area contributed by atoms with E-state index in [9.17, 15) is 14.7 Å². The molecule has 1 atom stereocenters. The summed E-state index contributed by atoms with van der Waals surface area (Å²) in [6.45, 7) is 0.232. The van der Waals surface area contributed by atoms with Crippen LogP contribution in [0.25, 0.3) is 0 Å². The number of aliphatic hydroxyl groups excluding tert-OH is 1. The van der Waals surface area contributed by atoms with Crippen LogP contribution >= 0.6 is 43.2 Å². The highest BCUT2D eigenvalue weighted by Gasteiger charge is 2.10. The lowest BCUT2D eigenvalue weighted by Gasteiger charge is -2.11. The number of ketones is 1. The Hall–Kier alpha value is 0.500. The third kappa shape index (κ3) is 13.5. The molecule has 0 saturated carbocycles. The van der Waals surface area contributed by atoms with Gasteiger partial charge in [-0.25, -0.2) is 0 Å². The Morgan fingerprint density at radius 2 is 1.65 bits per heavy atom. The topological polar surface area (TPSA) is 66.4 Å². The molecule has 0 aliphatic carbocycles. The first-order chi connectivity index (χ1) is 9.60. The number of hydrogen-bond donors (Lipinski definition) is 2. The van der Waals surface area contributed by atoms with Crippen molar-refractivity contribution in [2.24, 2.45) is 0 Å². The molecule has 0 aliphatic heterocycles. The zero-order valence-corrected chi connectivity index (χ0v) is 15.2. The predicted octanol–water partition coefficient (Wildman–Crippen LogP) is 2.62. The second-order valence-corrected chi connectivity index (χ2v) is 9.38. The lowest BCUT2D eigenvalue weighted by Crippen LogP contribution is -2.32. The number of Topliss-reactive ketones (excluding diaryl/α,β-unsaturated/α-hetero) is 1. The molecule has 1 unspecified atom stereocenters. The normalized spacial score (nSPS) is 12.2. The quantitative estimate of drug-likeness (QED) is 0.388. The van der Waals surface area contributed by atoms with E-state index in [0.717, 1.165) is 11.5 Å². The summed E-state index contributed by atoms with van der Waals surface area (Å²) < 4.78 is 0. The summed E-state index contributed by atoms with van der Waals surface area (Å²) in [5.41, 5.74) is 0. The van der Waals surface area contributed by atoms with Crippen molar-refractivity contribution in [1.82, 2.24) is 5.32 Å². The fraction of sp³-hybridized carbons (Fsp3) is 0.833. The second kappa shape index (κ2) is 14.4. The number of hydrogen-bond acceptors (Lipinski definition) is 7. The van der Waals surface area contributed by atoms with E-state index in [1.165, 1.54) is 0 Å². The van der Waals surface area contributed by atoms with Gasteiger partial charge in [0.25, 0.3) is 0 Å². The Kier molecular flexibility index (Phi) is 14.8. The SMILES string of the molecule is CSSCCC(=O)CCC(O)CNC(=O)CCSSC. The van der Waals surface area contributed by atoms with E-state index in [2.05, 4.69) is 5.32 Å². The number of carbonyl (C=O) groups excluding carboxylic acids is 2. The molecule has 1 amide bonds. The van der Waals surface area contributed by atoms with Crippen LogP contribution in [0.4, 0.5) is 0 Å². The molecular formula is C12H23NO3S4. The summed E-state index contributed by atoms with van der Waals surface area (Å²) in [4.78, 5) is 22.9. The number of aliphatic hydroxyl groups is 1. The van der Waals surface area contributed by atoms with E-state index in [4.69, 9.17) is 0 Å². The Labute approximate surface area is 137 Å². The molecule has 20 heavy (non-hydrogen) atoms. The number of carbonyl (C=O) groups is 2. The molecule has 0 heterocycles. The van der Waals surface area contributed by atoms with Gasteiger partial charge in [-0.15, -0.1) is 0 Å². The zero-order chi connectivity index (χ0) is 15.2. The minimum absolute atomic E-state index is 0.0479. The van der Waals surface area contributed by atoms with Gasteiger partial charge in [0.05, 0.1) is 6.10 Å². The standard InChI is InChI=1S/C12H23NO3S4/c1-17-19-7-5-10(14)3-4-11(15)9-13-12(16)6-8-20-18-2/h11,15H,3-9H2,1-2H3,(H,13,16). The highest BCUT2D eigenvalue weighted by Crippen LogP contribution is 2.18. The molecule has 118 valence electrons. The molecule has 0 fully saturated rings. The largest absolute Gasteiger partial charge is 0.391 e. The zero-order valence-electron chi connectivity index (χ0n) is 11.9. The van der Waals surface area contributed by atoms with Gasteiger partial charge in [-0.3, -0.25) is 9.59 Å². The molecule has 4 nitrogen and oxygen atoms in total. The van der Waals surface area contributed by atoms with Crippen molar-refractivity contribution in [1.29, 1.82) is 0 Å². The first kappa shape index (κ1) is 20.5. The van der Waals surface area contributed by atoms with Crippen LogP contribution in [0, 0.1) is 0 Å². The van der Waals surface area contributed by atoms with Crippen molar-refractivity contribution in [3.05, 3.63) is 0 Å². The molecule has 0 bridgehead atoms. The third-order valence-electron chi connectivity index (χ3n) is 2.40. The van der Waals surface area contributed by atoms with Crippen LogP contribution in [0.3, 0.4) is 0 Å². The van der Waals surface area contributed by atoms with Gasteiger partial charge in [0.1, 0.15) is 5.78 Å². The van der Waals surface area contributed by atoms with Gasteiger partial charge in [0, 0.05) is 37.3 Å². The van der Waals surface area contributed by atoms with Gasteiger partial charge < -0.3 is 10.4 Å². The van der Waals surface area contributed by atoms with Crippen molar-refractivity contribution in [2.75, 3.05) is 30.6 Å². The van der Waals surface area contributed by atoms with Gasteiger partial charge in [0.15, 0.2) is 0 Å². The first-order valence-electron chi connectivity index (χ1n) is 6.37. The molecule has 0 aromatic rings. The summed E-state index contributed by atoms with van der Waals surface area (Å²) in [6, 6.07) is 0. The summed E-state index contributed by atoms with van der Waals surface area (Å²) >= 11 is 0. The van der Waals surface area contributed by atoms with E-state index in [1.807, 2.05) is 12.5 Å². The lowest BCUT2D eigenvalue weighted by molar-refractivity contribution is -0.121. The average molecular weight is 358 g/mol. The summed E-state index contributed by atoms with van der Waals surface area (Å²) in [7, 11) is 6.59. The van der Waals surface area contributed by atoms with Crippen molar-refractivity contribution in [3.63, 3.8) is 0 Å². The molecule has 0 aliphatic rings. The molecule has 0 aromatic heterocycles. The van der Waals surface area contributed by atoms with Gasteiger partial charge in [0.2, 0.25) is 5.91 Å². The number of amides is 1. The van der Waals surface area contributed by atoms with Crippen LogP contribution in [0.15, 0.2) is 0 Å². The van der Waals surface area contributed by atoms with Crippen molar-refractivity contribution < 1.29 is 14.7 Å². The number of nitrogens with one attached hydrogen (secondary N) is 1. The van der Waals surface area contributed by atoms with Crippen LogP contribution in [0.2, 0.25) is 0 Å². The molecule has 0 saturated heterocycles. The van der Waals surface area contributed by atoms with Crippen LogP contribution < -0.4 is 5.32 Å². The van der Waals surface area contributed by atoms with E-state index in [0.29, 0.717) is 25.7 Å². The molecule has 8 heteroatoms. The fourth-order valence-electron chi connectivity index (χ4n) is 1.33. The van der Waals surface area contributed by atoms with Gasteiger partial charge in [-0.2, -0.15) is 0 Å². The molecule has 0 rings (SSSR count). The van der Waals surface area contributed by atoms with E-state index >= 15 is 0 Å². The Balaban J connectivity index is 3.55. The lowest BCUT2D eigenvalue weighted by atomic mass is 10.1. The van der Waals surface area contributed by atoms with Crippen molar-refractivity contribution >= 4 is 54.9 Å². The third-order valence-corrected chi connectivity index (χ3v) is 6.03. The molecular weight excluding hydrogens is 334 g/mol. The van der Waals surface area contributed by atoms with Gasteiger partial charge in [-0.1, -0.05) is 43.2 Å². The number of rotatable bonds is 13. The maximum Gasteiger partial charge on any atom is 0.220 e. The minimum atomic E-state index is -0.635. The Morgan fingerprint density at radius 3 is 2.25 bits per heavy atom. The molecule has 2 N–H and O–H groups in total. The summed E-state index contributed by atoms with van der Waals surface area (Å²) in [6.07, 6.45) is 5.14. The highest BCUT2D eigenvalue weighted by molar-refractivity contribution is 8.76. The van der Waals surface area contributed by atoms with E-state index < -0.39 is 6.10 Å². The van der Waals surface area contributed by atoms with Gasteiger partial charge >= 0.3 is 0 Å². The summed E-state index contributed by atoms with van der Waals surface area (Å²) in [5.74, 6) is 1.72. The molecule has 0 spiro atoms. The van der Waals surface area contributed by atoms with Gasteiger partial charge in [-0.05, 0) is 18.9 Å². The smallest absolute Gasteiger partial charge is 0.220 e. The monoisotopic (exact) mass is 357 g/mol. The van der Waals surface area contributed by atoms with Crippen molar-refractivity contribution in [3.8, 4) is 0 Å². The minimum Gasteiger partial charge on any atom is -0.391 e. The van der Waals surface area contributed by atoms with E-state index in [1.54, 1.807) is 43.2 Å². The van der Waals surface area contributed by atoms with Crippen LogP contribution in [-0.2, 0) is 9.59 Å². The summed E-state index contributed by atoms with van der Waals surface area (Å²) in [5, 5.41) is 12.4. The average Bonchev–Trinajstić information content (AvgIpc) is 2.43. The Morgan fingerprint density at radius 1 is 1.05 bits per heavy atom. The maximum atomic E-state index is 11.5. The molecule has 0 radical (unpaired) electrons. The van der Waals surface area contributed by atoms with Crippen LogP contribution in [-0.4, -0.2) is 53.5 Å². The Bertz CT molecular complexity index is 253. The second-order valence-electron chi connectivity index (χ2n) is 4.01. The van der Waals surface area contributed by atoms with E-state index in [-0.39, 0.29) is 18.2 Å². The predicted molar refractivity (Wildman–Crippen MR) is 94.4 cm³/mol. The molecule has 0 aromatic carbocycles. The highest BCUT2D eigenvalue weighted by atomic mass is 33.1. The first-order valence-corrected chi connectivity index (χ1v) is 11.8. The van der Waals surface area contributed by atoms with Crippen LogP contribution in [0.5, 0.6) is 0 Å². The van der Waals surface area contributed by atoms with Crippen LogP contribution in [0.1, 0.15) is 25.7 Å².